The molecular weight excluding hydrogens is 286 g/mol. The van der Waals surface area contributed by atoms with Crippen molar-refractivity contribution in [3.05, 3.63) is 27.8 Å². The topological polar surface area (TPSA) is 75.9 Å². The number of hydrogen-bond donors (Lipinski definition) is 0. The first-order valence-corrected chi connectivity index (χ1v) is 7.40. The number of nitro groups is 1. The number of hydrogen-bond acceptors (Lipinski definition) is 5. The second kappa shape index (κ2) is 5.57. The Balaban J connectivity index is 1.95. The van der Waals surface area contributed by atoms with Crippen molar-refractivity contribution < 1.29 is 14.5 Å². The molecule has 2 aliphatic heterocycles. The minimum absolute atomic E-state index is 0.0400. The van der Waals surface area contributed by atoms with E-state index in [0.717, 1.165) is 24.9 Å². The molecule has 1 unspecified atom stereocenters. The van der Waals surface area contributed by atoms with Crippen molar-refractivity contribution >= 4 is 17.3 Å². The maximum Gasteiger partial charge on any atom is 0.313 e. The van der Waals surface area contributed by atoms with Crippen LogP contribution in [0.2, 0.25) is 0 Å². The van der Waals surface area contributed by atoms with Gasteiger partial charge in [0, 0.05) is 12.6 Å². The van der Waals surface area contributed by atoms with Gasteiger partial charge in [-0.1, -0.05) is 0 Å². The number of benzene rings is 1. The van der Waals surface area contributed by atoms with E-state index in [9.17, 15) is 14.9 Å². The Morgan fingerprint density at radius 2 is 2.18 bits per heavy atom. The van der Waals surface area contributed by atoms with Gasteiger partial charge in [0.25, 0.3) is 0 Å². The molecule has 1 aromatic rings. The molecule has 0 radical (unpaired) electrons. The lowest BCUT2D eigenvalue weighted by molar-refractivity contribution is -0.385. The Hall–Kier alpha value is -2.15. The van der Waals surface area contributed by atoms with Crippen molar-refractivity contribution in [2.24, 2.45) is 0 Å². The average Bonchev–Trinajstić information content (AvgIpc) is 3.10. The molecule has 0 N–H and O–H groups in total. The first-order chi connectivity index (χ1) is 10.5. The number of anilines is 1. The number of methoxy groups -OCH3 is 1. The van der Waals surface area contributed by atoms with Gasteiger partial charge in [0.05, 0.1) is 23.8 Å². The normalized spacial score (nSPS) is 21.0. The monoisotopic (exact) mass is 305 g/mol. The van der Waals surface area contributed by atoms with Crippen LogP contribution in [0.5, 0.6) is 5.75 Å². The molecule has 0 saturated carbocycles. The summed E-state index contributed by atoms with van der Waals surface area (Å²) >= 11 is 0. The first kappa shape index (κ1) is 14.8. The van der Waals surface area contributed by atoms with Gasteiger partial charge in [0.2, 0.25) is 5.91 Å². The lowest BCUT2D eigenvalue weighted by Gasteiger charge is -2.25. The zero-order valence-electron chi connectivity index (χ0n) is 12.7. The van der Waals surface area contributed by atoms with Crippen LogP contribution < -0.4 is 9.64 Å². The lowest BCUT2D eigenvalue weighted by Crippen LogP contribution is -2.43. The number of likely N-dealkylation sites (N-methyl/N-ethyl adjacent to an activating group) is 1. The van der Waals surface area contributed by atoms with Crippen LogP contribution in [0.15, 0.2) is 12.1 Å². The Bertz CT molecular complexity index is 631. The summed E-state index contributed by atoms with van der Waals surface area (Å²) in [5, 5.41) is 11.2. The van der Waals surface area contributed by atoms with Crippen molar-refractivity contribution in [2.75, 3.05) is 32.1 Å². The van der Waals surface area contributed by atoms with Crippen LogP contribution in [0.3, 0.4) is 0 Å². The third kappa shape index (κ3) is 2.31. The van der Waals surface area contributed by atoms with Crippen molar-refractivity contribution in [3.63, 3.8) is 0 Å². The first-order valence-electron chi connectivity index (χ1n) is 7.40. The Morgan fingerprint density at radius 1 is 1.41 bits per heavy atom. The number of carbonyl (C=O) groups excluding carboxylic acids is 1. The molecule has 0 bridgehead atoms. The van der Waals surface area contributed by atoms with E-state index in [1.54, 1.807) is 11.0 Å². The molecule has 0 aliphatic carbocycles. The van der Waals surface area contributed by atoms with Crippen LogP contribution in [0.4, 0.5) is 11.4 Å². The molecule has 7 nitrogen and oxygen atoms in total. The number of nitrogens with zero attached hydrogens (tertiary/aromatic N) is 3. The zero-order valence-corrected chi connectivity index (χ0v) is 12.7. The molecule has 1 fully saturated rings. The van der Waals surface area contributed by atoms with Crippen molar-refractivity contribution in [2.45, 2.75) is 25.3 Å². The summed E-state index contributed by atoms with van der Waals surface area (Å²) in [5.41, 5.74) is 1.48. The van der Waals surface area contributed by atoms with Crippen LogP contribution in [-0.2, 0) is 11.2 Å². The van der Waals surface area contributed by atoms with E-state index in [4.69, 9.17) is 4.74 Å². The fraction of sp³-hybridized carbons (Fsp3) is 0.533. The molecule has 1 amide bonds. The standard InChI is InChI=1S/C15H19N3O4/c1-16-6-3-4-11(16)15(19)17-7-5-10-8-14(22-2)13(18(20)21)9-12(10)17/h8-9,11H,3-7H2,1-2H3. The van der Waals surface area contributed by atoms with Crippen LogP contribution in [-0.4, -0.2) is 49.0 Å². The fourth-order valence-electron chi connectivity index (χ4n) is 3.34. The van der Waals surface area contributed by atoms with E-state index in [1.807, 2.05) is 7.05 Å². The second-order valence-corrected chi connectivity index (χ2v) is 5.79. The highest BCUT2D eigenvalue weighted by Gasteiger charge is 2.36. The molecule has 1 atom stereocenters. The average molecular weight is 305 g/mol. The summed E-state index contributed by atoms with van der Waals surface area (Å²) in [4.78, 5) is 27.2. The summed E-state index contributed by atoms with van der Waals surface area (Å²) in [6.45, 7) is 1.49. The summed E-state index contributed by atoms with van der Waals surface area (Å²) in [6, 6.07) is 3.03. The van der Waals surface area contributed by atoms with E-state index >= 15 is 0 Å². The maximum absolute atomic E-state index is 12.7. The van der Waals surface area contributed by atoms with Crippen LogP contribution in [0, 0.1) is 10.1 Å². The Kier molecular flexibility index (Phi) is 3.74. The van der Waals surface area contributed by atoms with Gasteiger partial charge in [-0.15, -0.1) is 0 Å². The molecule has 0 spiro atoms. The van der Waals surface area contributed by atoms with E-state index in [0.29, 0.717) is 18.7 Å². The molecule has 7 heteroatoms. The highest BCUT2D eigenvalue weighted by Crippen LogP contribution is 2.39. The minimum atomic E-state index is -0.470. The van der Waals surface area contributed by atoms with Crippen molar-refractivity contribution in [1.29, 1.82) is 0 Å². The minimum Gasteiger partial charge on any atom is -0.490 e. The van der Waals surface area contributed by atoms with Gasteiger partial charge in [-0.05, 0) is 44.5 Å². The van der Waals surface area contributed by atoms with Crippen LogP contribution in [0.25, 0.3) is 0 Å². The number of likely N-dealkylation sites (tertiary alicyclic amines) is 1. The van der Waals surface area contributed by atoms with Gasteiger partial charge in [-0.2, -0.15) is 0 Å². The molecule has 2 heterocycles. The molecule has 1 aromatic carbocycles. The summed E-state index contributed by atoms with van der Waals surface area (Å²) in [6.07, 6.45) is 2.56. The predicted octanol–water partition coefficient (Wildman–Crippen LogP) is 1.59. The predicted molar refractivity (Wildman–Crippen MR) is 81.4 cm³/mol. The number of carbonyl (C=O) groups is 1. The molecule has 1 saturated heterocycles. The summed E-state index contributed by atoms with van der Waals surface area (Å²) < 4.78 is 5.09. The van der Waals surface area contributed by atoms with Gasteiger partial charge in [-0.25, -0.2) is 0 Å². The van der Waals surface area contributed by atoms with E-state index in [1.165, 1.54) is 13.2 Å². The van der Waals surface area contributed by atoms with Gasteiger partial charge in [0.1, 0.15) is 0 Å². The second-order valence-electron chi connectivity index (χ2n) is 5.79. The van der Waals surface area contributed by atoms with Crippen LogP contribution in [0.1, 0.15) is 18.4 Å². The Morgan fingerprint density at radius 3 is 2.77 bits per heavy atom. The third-order valence-corrected chi connectivity index (χ3v) is 4.54. The summed E-state index contributed by atoms with van der Waals surface area (Å²) in [7, 11) is 3.36. The van der Waals surface area contributed by atoms with Gasteiger partial charge >= 0.3 is 5.69 Å². The van der Waals surface area contributed by atoms with Crippen molar-refractivity contribution in [3.8, 4) is 5.75 Å². The van der Waals surface area contributed by atoms with E-state index in [-0.39, 0.29) is 23.4 Å². The number of nitro benzene ring substituents is 1. The van der Waals surface area contributed by atoms with Crippen molar-refractivity contribution in [1.82, 2.24) is 4.90 Å². The number of rotatable bonds is 3. The Labute approximate surface area is 128 Å². The number of fused-ring (bicyclic) bond motifs is 1. The largest absolute Gasteiger partial charge is 0.490 e. The molecule has 2 aliphatic rings. The SMILES string of the molecule is COc1cc2c(cc1[N+](=O)[O-])N(C(=O)C1CCCN1C)CC2. The highest BCUT2D eigenvalue weighted by molar-refractivity contribution is 5.99. The van der Waals surface area contributed by atoms with Gasteiger partial charge < -0.3 is 9.64 Å². The molecule has 0 aromatic heterocycles. The molecule has 22 heavy (non-hydrogen) atoms. The fourth-order valence-corrected chi connectivity index (χ4v) is 3.34. The molecular formula is C15H19N3O4. The zero-order chi connectivity index (χ0) is 15.9. The van der Waals surface area contributed by atoms with Gasteiger partial charge in [-0.3, -0.25) is 19.8 Å². The van der Waals surface area contributed by atoms with E-state index in [2.05, 4.69) is 4.90 Å². The molecule has 3 rings (SSSR count). The molecule has 118 valence electrons. The quantitative estimate of drug-likeness (QED) is 0.626. The van der Waals surface area contributed by atoms with Crippen LogP contribution >= 0.6 is 0 Å². The summed E-state index contributed by atoms with van der Waals surface area (Å²) in [5.74, 6) is 0.286. The lowest BCUT2D eigenvalue weighted by atomic mass is 10.1. The number of amides is 1. The smallest absolute Gasteiger partial charge is 0.313 e. The van der Waals surface area contributed by atoms with E-state index < -0.39 is 4.92 Å². The maximum atomic E-state index is 12.7. The highest BCUT2D eigenvalue weighted by atomic mass is 16.6. The third-order valence-electron chi connectivity index (χ3n) is 4.54. The van der Waals surface area contributed by atoms with Gasteiger partial charge in [0.15, 0.2) is 5.75 Å². The number of ether oxygens (including phenoxy) is 1.